The number of anilines is 1. The van der Waals surface area contributed by atoms with Gasteiger partial charge in [0.2, 0.25) is 15.9 Å². The molecule has 0 spiro atoms. The van der Waals surface area contributed by atoms with Gasteiger partial charge in [-0.05, 0) is 62.8 Å². The van der Waals surface area contributed by atoms with Crippen LogP contribution in [0.5, 0.6) is 5.88 Å². The van der Waals surface area contributed by atoms with Gasteiger partial charge >= 0.3 is 0 Å². The van der Waals surface area contributed by atoms with Crippen LogP contribution >= 0.6 is 0 Å². The number of halogens is 1. The first kappa shape index (κ1) is 22.1. The SMILES string of the molecule is Cn1nc(O)cc1NC1Cc2cc3cnc(C4CC4)cc3c(S(=O)(=O)NCC(C)(C)F)c2C1. The van der Waals surface area contributed by atoms with Gasteiger partial charge in [0.1, 0.15) is 11.5 Å². The Morgan fingerprint density at radius 1 is 1.24 bits per heavy atom. The number of hydrogen-bond donors (Lipinski definition) is 3. The monoisotopic (exact) mass is 473 g/mol. The fourth-order valence-electron chi connectivity index (χ4n) is 4.51. The summed E-state index contributed by atoms with van der Waals surface area (Å²) in [7, 11) is -2.25. The van der Waals surface area contributed by atoms with Gasteiger partial charge in [0.05, 0.1) is 4.90 Å². The van der Waals surface area contributed by atoms with Crippen LogP contribution in [-0.4, -0.2) is 46.5 Å². The molecule has 3 aromatic rings. The zero-order valence-electron chi connectivity index (χ0n) is 18.9. The lowest BCUT2D eigenvalue weighted by atomic mass is 10.0. The summed E-state index contributed by atoms with van der Waals surface area (Å²) < 4.78 is 45.2. The normalized spacial score (nSPS) is 18.6. The molecule has 2 aromatic heterocycles. The van der Waals surface area contributed by atoms with Crippen molar-refractivity contribution >= 4 is 26.6 Å². The number of nitrogens with one attached hydrogen (secondary N) is 2. The number of hydrogen-bond acceptors (Lipinski definition) is 6. The molecule has 1 unspecified atom stereocenters. The van der Waals surface area contributed by atoms with E-state index < -0.39 is 15.7 Å². The van der Waals surface area contributed by atoms with Gasteiger partial charge in [0.15, 0.2) is 0 Å². The largest absolute Gasteiger partial charge is 0.492 e. The highest BCUT2D eigenvalue weighted by atomic mass is 32.2. The van der Waals surface area contributed by atoms with Gasteiger partial charge in [-0.1, -0.05) is 0 Å². The molecular weight excluding hydrogens is 445 g/mol. The Bertz CT molecular complexity index is 1340. The van der Waals surface area contributed by atoms with Crippen LogP contribution in [0.1, 0.15) is 49.4 Å². The Morgan fingerprint density at radius 3 is 2.64 bits per heavy atom. The van der Waals surface area contributed by atoms with Crippen molar-refractivity contribution in [3.8, 4) is 5.88 Å². The molecule has 1 atom stereocenters. The minimum absolute atomic E-state index is 0.0750. The summed E-state index contributed by atoms with van der Waals surface area (Å²) in [4.78, 5) is 4.80. The molecule has 33 heavy (non-hydrogen) atoms. The van der Waals surface area contributed by atoms with Gasteiger partial charge in [0, 0.05) is 54.3 Å². The quantitative estimate of drug-likeness (QED) is 0.486. The number of aryl methyl sites for hydroxylation is 1. The van der Waals surface area contributed by atoms with Crippen LogP contribution in [0.25, 0.3) is 10.8 Å². The van der Waals surface area contributed by atoms with Crippen LogP contribution in [0.3, 0.4) is 0 Å². The maximum atomic E-state index is 14.2. The third-order valence-electron chi connectivity index (χ3n) is 6.27. The molecule has 1 fully saturated rings. The van der Waals surface area contributed by atoms with E-state index in [1.807, 2.05) is 12.1 Å². The van der Waals surface area contributed by atoms with Gasteiger partial charge in [-0.3, -0.25) is 4.98 Å². The van der Waals surface area contributed by atoms with Crippen molar-refractivity contribution in [3.63, 3.8) is 0 Å². The second-order valence-electron chi connectivity index (χ2n) is 9.75. The first-order chi connectivity index (χ1) is 15.5. The van der Waals surface area contributed by atoms with E-state index >= 15 is 0 Å². The predicted molar refractivity (Wildman–Crippen MR) is 124 cm³/mol. The van der Waals surface area contributed by atoms with Crippen LogP contribution in [-0.2, 0) is 29.9 Å². The number of benzene rings is 1. The number of aromatic nitrogens is 3. The molecule has 0 radical (unpaired) electrons. The van der Waals surface area contributed by atoms with Crippen LogP contribution in [0.4, 0.5) is 10.2 Å². The van der Waals surface area contributed by atoms with Crippen molar-refractivity contribution in [1.29, 1.82) is 0 Å². The van der Waals surface area contributed by atoms with E-state index in [2.05, 4.69) is 20.1 Å². The summed E-state index contributed by atoms with van der Waals surface area (Å²) in [5, 5.41) is 18.4. The second-order valence-corrected chi connectivity index (χ2v) is 11.5. The van der Waals surface area contributed by atoms with Crippen molar-refractivity contribution in [3.05, 3.63) is 41.2 Å². The zero-order valence-corrected chi connectivity index (χ0v) is 19.7. The lowest BCUT2D eigenvalue weighted by molar-refractivity contribution is 0.221. The summed E-state index contributed by atoms with van der Waals surface area (Å²) >= 11 is 0. The Morgan fingerprint density at radius 2 is 2.00 bits per heavy atom. The molecule has 8 nitrogen and oxygen atoms in total. The molecule has 176 valence electrons. The number of sulfonamides is 1. The average Bonchev–Trinajstić information content (AvgIpc) is 3.42. The highest BCUT2D eigenvalue weighted by molar-refractivity contribution is 7.89. The van der Waals surface area contributed by atoms with Gasteiger partial charge < -0.3 is 10.4 Å². The van der Waals surface area contributed by atoms with E-state index in [0.29, 0.717) is 30.0 Å². The Labute approximate surface area is 192 Å². The van der Waals surface area contributed by atoms with Crippen LogP contribution in [0.15, 0.2) is 29.3 Å². The number of nitrogens with zero attached hydrogens (tertiary/aromatic N) is 3. The average molecular weight is 474 g/mol. The molecule has 2 aliphatic rings. The molecule has 1 aromatic carbocycles. The molecule has 10 heteroatoms. The number of rotatable bonds is 7. The van der Waals surface area contributed by atoms with E-state index in [0.717, 1.165) is 35.0 Å². The molecule has 2 heterocycles. The highest BCUT2D eigenvalue weighted by Gasteiger charge is 2.33. The number of aromatic hydroxyl groups is 1. The lowest BCUT2D eigenvalue weighted by Gasteiger charge is -2.18. The van der Waals surface area contributed by atoms with E-state index in [9.17, 15) is 17.9 Å². The maximum Gasteiger partial charge on any atom is 0.241 e. The summed E-state index contributed by atoms with van der Waals surface area (Å²) in [6.45, 7) is 2.39. The second kappa shape index (κ2) is 7.66. The minimum Gasteiger partial charge on any atom is -0.492 e. The van der Waals surface area contributed by atoms with Crippen molar-refractivity contribution in [2.24, 2.45) is 7.05 Å². The number of alkyl halides is 1. The molecule has 0 aliphatic heterocycles. The van der Waals surface area contributed by atoms with Gasteiger partial charge in [0.25, 0.3) is 0 Å². The van der Waals surface area contributed by atoms with Gasteiger partial charge in [-0.2, -0.15) is 0 Å². The topological polar surface area (TPSA) is 109 Å². The fraction of sp³-hybridized carbons (Fsp3) is 0.478. The number of fused-ring (bicyclic) bond motifs is 2. The molecule has 0 saturated heterocycles. The first-order valence-electron chi connectivity index (χ1n) is 11.1. The van der Waals surface area contributed by atoms with Crippen molar-refractivity contribution in [1.82, 2.24) is 19.5 Å². The lowest BCUT2D eigenvalue weighted by Crippen LogP contribution is -2.36. The third-order valence-corrected chi connectivity index (χ3v) is 7.80. The molecule has 1 saturated carbocycles. The van der Waals surface area contributed by atoms with E-state index in [1.165, 1.54) is 19.9 Å². The predicted octanol–water partition coefficient (Wildman–Crippen LogP) is 3.16. The Kier molecular flexibility index (Phi) is 5.13. The fourth-order valence-corrected chi connectivity index (χ4v) is 6.20. The van der Waals surface area contributed by atoms with Crippen LogP contribution in [0, 0.1) is 0 Å². The zero-order chi connectivity index (χ0) is 23.5. The summed E-state index contributed by atoms with van der Waals surface area (Å²) in [6, 6.07) is 5.36. The number of pyridine rings is 1. The Balaban J connectivity index is 1.58. The van der Waals surface area contributed by atoms with E-state index in [1.54, 1.807) is 17.9 Å². The first-order valence-corrected chi connectivity index (χ1v) is 12.6. The molecule has 0 amide bonds. The van der Waals surface area contributed by atoms with E-state index in [-0.39, 0.29) is 23.4 Å². The molecule has 0 bridgehead atoms. The molecule has 2 aliphatic carbocycles. The van der Waals surface area contributed by atoms with Crippen LogP contribution < -0.4 is 10.0 Å². The van der Waals surface area contributed by atoms with E-state index in [4.69, 9.17) is 0 Å². The summed E-state index contributed by atoms with van der Waals surface area (Å²) in [5.74, 6) is 0.943. The molecular formula is C23H28FN5O3S. The summed E-state index contributed by atoms with van der Waals surface area (Å²) in [5.41, 5.74) is 0.895. The maximum absolute atomic E-state index is 14.2. The molecule has 5 rings (SSSR count). The third kappa shape index (κ3) is 4.41. The van der Waals surface area contributed by atoms with Crippen molar-refractivity contribution in [2.45, 2.75) is 62.1 Å². The van der Waals surface area contributed by atoms with Crippen molar-refractivity contribution < 1.29 is 17.9 Å². The van der Waals surface area contributed by atoms with Crippen LogP contribution in [0.2, 0.25) is 0 Å². The highest BCUT2D eigenvalue weighted by Crippen LogP contribution is 2.42. The smallest absolute Gasteiger partial charge is 0.241 e. The Hall–Kier alpha value is -2.72. The van der Waals surface area contributed by atoms with Crippen molar-refractivity contribution in [2.75, 3.05) is 11.9 Å². The van der Waals surface area contributed by atoms with Gasteiger partial charge in [-0.15, -0.1) is 5.10 Å². The molecule has 3 N–H and O–H groups in total. The summed E-state index contributed by atoms with van der Waals surface area (Å²) in [6.07, 6.45) is 4.96. The standard InChI is InChI=1S/C23H28FN5O3S/c1-23(2,24)12-26-33(31,32)22-17-8-16(27-20-10-21(30)28-29(20)3)7-14(17)6-15-11-25-19(9-18(15)22)13-4-5-13/h6,9-11,13,16,26-27H,4-5,7-8,12H2,1-3H3,(H,28,30). The minimum atomic E-state index is -3.97. The van der Waals surface area contributed by atoms with Gasteiger partial charge in [-0.25, -0.2) is 22.2 Å².